The second-order valence-corrected chi connectivity index (χ2v) is 19.0. The van der Waals surface area contributed by atoms with E-state index in [1.807, 2.05) is 36.4 Å². The molecule has 0 aromatic heterocycles. The van der Waals surface area contributed by atoms with E-state index in [9.17, 15) is 33.3 Å². The van der Waals surface area contributed by atoms with Crippen LogP contribution in [0.5, 0.6) is 0 Å². The third kappa shape index (κ3) is 22.8. The molecule has 0 aliphatic carbocycles. The number of carbonyl (C=O) groups excluding carboxylic acids is 6. The van der Waals surface area contributed by atoms with Crippen molar-refractivity contribution in [2.75, 3.05) is 13.2 Å². The number of amides is 2. The predicted octanol–water partition coefficient (Wildman–Crippen LogP) is 8.09. The summed E-state index contributed by atoms with van der Waals surface area (Å²) in [5.41, 5.74) is 9.15. The molecule has 0 bridgehead atoms. The minimum Gasteiger partial charge on any atom is -0.461 e. The average molecular weight is 1040 g/mol. The van der Waals surface area contributed by atoms with Crippen molar-refractivity contribution >= 4 is 43.4 Å². The normalized spacial score (nSPS) is 13.0. The highest BCUT2D eigenvalue weighted by molar-refractivity contribution is 7.51. The van der Waals surface area contributed by atoms with Gasteiger partial charge < -0.3 is 35.3 Å². The first kappa shape index (κ1) is 57.9. The number of hydrogen-bond donors (Lipinski definition) is 4. The maximum atomic E-state index is 14.7. The highest BCUT2D eigenvalue weighted by Crippen LogP contribution is 2.46. The van der Waals surface area contributed by atoms with Crippen LogP contribution in [0, 0.1) is 0 Å². The molecule has 0 radical (unpaired) electrons. The van der Waals surface area contributed by atoms with Crippen LogP contribution in [0.25, 0.3) is 0 Å². The number of carbonyl (C=O) groups is 6. The van der Waals surface area contributed by atoms with Crippen molar-refractivity contribution in [3.05, 3.63) is 179 Å². The summed E-state index contributed by atoms with van der Waals surface area (Å²) in [6, 6.07) is 41.1. The standard InChI is InChI=1S/C56H67N4O13P/c57-36-18-6-17-31-51(61)59-49(55(65)70-40-45-24-11-3-12-25-45)32-34-52(62)58-48(54(64)69-39-44-22-9-2-10-23-44)30-19-37-72-74(67,73-42-47-28-15-5-16-29-47)60-50(56(66)71-41-46-26-13-4-14-27-46)33-35-53(63)68-38-43-20-7-1-8-21-43/h1-5,7-16,20-29,48-50H,6,17-19,30-42,57H2,(H,58,62)(H,59,61)(H,60,67). The van der Waals surface area contributed by atoms with Crippen LogP contribution in [0.15, 0.2) is 152 Å². The van der Waals surface area contributed by atoms with E-state index in [-0.39, 0.29) is 90.5 Å². The van der Waals surface area contributed by atoms with E-state index in [1.54, 1.807) is 115 Å². The van der Waals surface area contributed by atoms with Crippen LogP contribution in [0.1, 0.15) is 92.0 Å². The molecule has 17 nitrogen and oxygen atoms in total. The second kappa shape index (κ2) is 32.9. The highest BCUT2D eigenvalue weighted by Gasteiger charge is 2.34. The third-order valence-electron chi connectivity index (χ3n) is 11.3. The van der Waals surface area contributed by atoms with Gasteiger partial charge in [0.15, 0.2) is 0 Å². The summed E-state index contributed by atoms with van der Waals surface area (Å²) < 4.78 is 48.8. The van der Waals surface area contributed by atoms with Crippen molar-refractivity contribution in [3.8, 4) is 0 Å². The lowest BCUT2D eigenvalue weighted by molar-refractivity contribution is -0.150. The second-order valence-electron chi connectivity index (χ2n) is 17.3. The monoisotopic (exact) mass is 1030 g/mol. The third-order valence-corrected chi connectivity index (χ3v) is 12.9. The van der Waals surface area contributed by atoms with E-state index in [2.05, 4.69) is 15.7 Å². The summed E-state index contributed by atoms with van der Waals surface area (Å²) in [5.74, 6) is -3.94. The summed E-state index contributed by atoms with van der Waals surface area (Å²) >= 11 is 0. The predicted molar refractivity (Wildman–Crippen MR) is 276 cm³/mol. The van der Waals surface area contributed by atoms with Gasteiger partial charge in [-0.1, -0.05) is 158 Å². The van der Waals surface area contributed by atoms with Gasteiger partial charge in [0, 0.05) is 19.3 Å². The van der Waals surface area contributed by atoms with Gasteiger partial charge in [0.2, 0.25) is 11.8 Å². The Kier molecular flexibility index (Phi) is 25.8. The van der Waals surface area contributed by atoms with Crippen LogP contribution in [0.2, 0.25) is 0 Å². The Labute approximate surface area is 432 Å². The average Bonchev–Trinajstić information content (AvgIpc) is 3.43. The Morgan fingerprint density at radius 3 is 1.27 bits per heavy atom. The summed E-state index contributed by atoms with van der Waals surface area (Å²) in [5, 5.41) is 8.14. The topological polar surface area (TPSA) is 237 Å². The van der Waals surface area contributed by atoms with E-state index in [4.69, 9.17) is 33.7 Å². The van der Waals surface area contributed by atoms with Crippen LogP contribution in [-0.2, 0) is 94.4 Å². The van der Waals surface area contributed by atoms with E-state index in [0.29, 0.717) is 29.7 Å². The van der Waals surface area contributed by atoms with Gasteiger partial charge in [0.25, 0.3) is 0 Å². The Morgan fingerprint density at radius 2 is 0.811 bits per heavy atom. The molecule has 4 unspecified atom stereocenters. The minimum absolute atomic E-state index is 0.00926. The van der Waals surface area contributed by atoms with Gasteiger partial charge in [-0.25, -0.2) is 19.2 Å². The Balaban J connectivity index is 1.27. The van der Waals surface area contributed by atoms with Crippen LogP contribution < -0.4 is 21.5 Å². The van der Waals surface area contributed by atoms with Crippen molar-refractivity contribution in [2.24, 2.45) is 5.73 Å². The molecule has 0 fully saturated rings. The fourth-order valence-corrected chi connectivity index (χ4v) is 8.75. The molecule has 2 amide bonds. The van der Waals surface area contributed by atoms with Crippen molar-refractivity contribution in [3.63, 3.8) is 0 Å². The Hall–Kier alpha value is -7.01. The van der Waals surface area contributed by atoms with Crippen molar-refractivity contribution in [2.45, 2.75) is 115 Å². The zero-order valence-electron chi connectivity index (χ0n) is 41.5. The maximum absolute atomic E-state index is 14.7. The number of nitrogens with one attached hydrogen (secondary N) is 3. The van der Waals surface area contributed by atoms with E-state index in [1.165, 1.54) is 0 Å². The van der Waals surface area contributed by atoms with Gasteiger partial charge in [-0.2, -0.15) is 0 Å². The number of rotatable bonds is 34. The molecule has 5 aromatic rings. The van der Waals surface area contributed by atoms with Crippen LogP contribution in [0.3, 0.4) is 0 Å². The van der Waals surface area contributed by atoms with Gasteiger partial charge in [-0.3, -0.25) is 28.2 Å². The largest absolute Gasteiger partial charge is 0.461 e. The lowest BCUT2D eigenvalue weighted by atomic mass is 10.1. The summed E-state index contributed by atoms with van der Waals surface area (Å²) in [7, 11) is -4.45. The smallest absolute Gasteiger partial charge is 0.406 e. The first-order chi connectivity index (χ1) is 36.0. The molecular weight excluding hydrogens is 968 g/mol. The quantitative estimate of drug-likeness (QED) is 0.0132. The molecule has 5 aromatic carbocycles. The van der Waals surface area contributed by atoms with Crippen molar-refractivity contribution in [1.82, 2.24) is 15.7 Å². The molecule has 0 saturated heterocycles. The Bertz CT molecular complexity index is 2510. The van der Waals surface area contributed by atoms with Crippen molar-refractivity contribution < 1.29 is 61.3 Å². The summed E-state index contributed by atoms with van der Waals surface area (Å²) in [6.45, 7) is -0.254. The van der Waals surface area contributed by atoms with Crippen molar-refractivity contribution in [1.29, 1.82) is 0 Å². The van der Waals surface area contributed by atoms with Crippen LogP contribution in [-0.4, -0.2) is 67.0 Å². The first-order valence-corrected chi connectivity index (χ1v) is 26.3. The number of unbranched alkanes of at least 4 members (excludes halogenated alkanes) is 2. The Morgan fingerprint density at radius 1 is 0.419 bits per heavy atom. The van der Waals surface area contributed by atoms with E-state index < -0.39 is 55.7 Å². The fourth-order valence-electron chi connectivity index (χ4n) is 7.22. The summed E-state index contributed by atoms with van der Waals surface area (Å²) in [4.78, 5) is 80.4. The lowest BCUT2D eigenvalue weighted by Crippen LogP contribution is -2.45. The number of esters is 4. The van der Waals surface area contributed by atoms with Gasteiger partial charge >= 0.3 is 31.6 Å². The van der Waals surface area contributed by atoms with Gasteiger partial charge in [0.1, 0.15) is 44.6 Å². The number of nitrogens with two attached hydrogens (primary N) is 1. The van der Waals surface area contributed by atoms with E-state index >= 15 is 0 Å². The minimum atomic E-state index is -4.45. The number of benzene rings is 5. The molecule has 0 aliphatic heterocycles. The van der Waals surface area contributed by atoms with Gasteiger partial charge in [0.05, 0.1) is 13.2 Å². The fraction of sp³-hybridized carbons (Fsp3) is 0.357. The number of ether oxygens (including phenoxy) is 4. The highest BCUT2D eigenvalue weighted by atomic mass is 31.2. The maximum Gasteiger partial charge on any atom is 0.406 e. The SMILES string of the molecule is NCCCCCC(=O)NC(CCC(=O)NC(CCCOP(=O)(NC(CCC(=O)OCc1ccccc1)C(=O)OCc1ccccc1)OCc1ccccc1)C(=O)OCc1ccccc1)C(=O)OCc1ccccc1. The van der Waals surface area contributed by atoms with Crippen LogP contribution in [0.4, 0.5) is 0 Å². The van der Waals surface area contributed by atoms with E-state index in [0.717, 1.165) is 24.0 Å². The molecule has 74 heavy (non-hydrogen) atoms. The zero-order chi connectivity index (χ0) is 52.6. The molecule has 0 saturated carbocycles. The molecule has 5 rings (SSSR count). The zero-order valence-corrected chi connectivity index (χ0v) is 42.4. The molecule has 0 aliphatic rings. The molecule has 18 heteroatoms. The summed E-state index contributed by atoms with van der Waals surface area (Å²) in [6.07, 6.45) is 1.24. The molecule has 394 valence electrons. The van der Waals surface area contributed by atoms with Gasteiger partial charge in [-0.05, 0) is 72.9 Å². The van der Waals surface area contributed by atoms with Gasteiger partial charge in [-0.15, -0.1) is 0 Å². The lowest BCUT2D eigenvalue weighted by Gasteiger charge is -2.25. The molecule has 5 N–H and O–H groups in total. The first-order valence-electron chi connectivity index (χ1n) is 24.8. The van der Waals surface area contributed by atoms with Crippen LogP contribution >= 0.6 is 7.75 Å². The molecular formula is C56H67N4O13P. The molecule has 0 spiro atoms. The number of hydrogen-bond acceptors (Lipinski definition) is 14. The molecule has 0 heterocycles. The molecule has 4 atom stereocenters.